The van der Waals surface area contributed by atoms with E-state index in [0.717, 1.165) is 16.8 Å². The second-order valence-electron chi connectivity index (χ2n) is 5.23. The van der Waals surface area contributed by atoms with Gasteiger partial charge in [0.15, 0.2) is 0 Å². The summed E-state index contributed by atoms with van der Waals surface area (Å²) in [6.07, 6.45) is 3.61. The minimum Gasteiger partial charge on any atom is -0.383 e. The first-order valence-corrected chi connectivity index (χ1v) is 6.97. The average Bonchev–Trinajstić information content (AvgIpc) is 3.17. The van der Waals surface area contributed by atoms with Crippen molar-refractivity contribution in [3.8, 4) is 34.5 Å². The topological polar surface area (TPSA) is 107 Å². The first-order valence-electron chi connectivity index (χ1n) is 6.97. The standard InChI is InChI=1S/C17H14N6/c1-10-13(5-12(7-18)23(10)2)14-6-16(11-3-4-21-9-11)22-17(20)15(14)8-19/h3-6,9,21H,1-2H3,(H2,20,22). The third-order valence-electron chi connectivity index (χ3n) is 3.99. The van der Waals surface area contributed by atoms with Crippen molar-refractivity contribution < 1.29 is 0 Å². The molecule has 0 amide bonds. The summed E-state index contributed by atoms with van der Waals surface area (Å²) in [6, 6.07) is 9.76. The maximum atomic E-state index is 9.46. The van der Waals surface area contributed by atoms with Crippen LogP contribution in [-0.4, -0.2) is 14.5 Å². The van der Waals surface area contributed by atoms with E-state index in [4.69, 9.17) is 5.73 Å². The van der Waals surface area contributed by atoms with Gasteiger partial charge in [-0.25, -0.2) is 4.98 Å². The van der Waals surface area contributed by atoms with E-state index in [1.807, 2.05) is 32.3 Å². The van der Waals surface area contributed by atoms with Crippen molar-refractivity contribution in [3.63, 3.8) is 0 Å². The quantitative estimate of drug-likeness (QED) is 0.758. The number of nitrogens with zero attached hydrogens (tertiary/aromatic N) is 4. The second kappa shape index (κ2) is 5.36. The van der Waals surface area contributed by atoms with Gasteiger partial charge in [0.05, 0.1) is 5.69 Å². The lowest BCUT2D eigenvalue weighted by atomic mass is 9.99. The van der Waals surface area contributed by atoms with Crippen molar-refractivity contribution >= 4 is 5.82 Å². The van der Waals surface area contributed by atoms with E-state index in [-0.39, 0.29) is 5.82 Å². The van der Waals surface area contributed by atoms with Gasteiger partial charge >= 0.3 is 0 Å². The molecule has 3 aromatic rings. The third kappa shape index (κ3) is 2.23. The van der Waals surface area contributed by atoms with Crippen molar-refractivity contribution in [2.45, 2.75) is 6.92 Å². The molecule has 0 fully saturated rings. The molecule has 6 heteroatoms. The van der Waals surface area contributed by atoms with Gasteiger partial charge in [0.1, 0.15) is 29.2 Å². The highest BCUT2D eigenvalue weighted by Gasteiger charge is 2.18. The molecule has 0 spiro atoms. The van der Waals surface area contributed by atoms with E-state index >= 15 is 0 Å². The SMILES string of the molecule is Cc1c(-c2cc(-c3cc[nH]c3)nc(N)c2C#N)cc(C#N)n1C. The van der Waals surface area contributed by atoms with E-state index in [2.05, 4.69) is 22.1 Å². The molecule has 23 heavy (non-hydrogen) atoms. The predicted molar refractivity (Wildman–Crippen MR) is 87.0 cm³/mol. The molecule has 0 aliphatic carbocycles. The molecule has 0 aliphatic rings. The smallest absolute Gasteiger partial charge is 0.142 e. The van der Waals surface area contributed by atoms with E-state index in [0.29, 0.717) is 22.5 Å². The number of nitrogens with one attached hydrogen (secondary N) is 1. The van der Waals surface area contributed by atoms with Crippen LogP contribution in [0.3, 0.4) is 0 Å². The number of H-pyrrole nitrogens is 1. The summed E-state index contributed by atoms with van der Waals surface area (Å²) in [5, 5.41) is 18.7. The Morgan fingerprint density at radius 2 is 2.00 bits per heavy atom. The maximum absolute atomic E-state index is 9.46. The molecular weight excluding hydrogens is 288 g/mol. The van der Waals surface area contributed by atoms with Crippen LogP contribution in [0.2, 0.25) is 0 Å². The van der Waals surface area contributed by atoms with E-state index in [1.165, 1.54) is 0 Å². The highest BCUT2D eigenvalue weighted by Crippen LogP contribution is 2.34. The van der Waals surface area contributed by atoms with Crippen LogP contribution in [0.4, 0.5) is 5.82 Å². The van der Waals surface area contributed by atoms with Crippen LogP contribution in [0.1, 0.15) is 17.0 Å². The Bertz CT molecular complexity index is 964. The number of aromatic nitrogens is 3. The van der Waals surface area contributed by atoms with Crippen LogP contribution < -0.4 is 5.73 Å². The van der Waals surface area contributed by atoms with Gasteiger partial charge in [-0.15, -0.1) is 0 Å². The molecule has 112 valence electrons. The highest BCUT2D eigenvalue weighted by molar-refractivity contribution is 5.81. The van der Waals surface area contributed by atoms with Crippen LogP contribution in [0.15, 0.2) is 30.6 Å². The minimum atomic E-state index is 0.183. The van der Waals surface area contributed by atoms with Gasteiger partial charge in [-0.3, -0.25) is 0 Å². The normalized spacial score (nSPS) is 10.3. The molecule has 0 unspecified atom stereocenters. The number of aromatic amines is 1. The molecular formula is C17H14N6. The van der Waals surface area contributed by atoms with E-state index in [1.54, 1.807) is 16.8 Å². The summed E-state index contributed by atoms with van der Waals surface area (Å²) in [7, 11) is 1.82. The summed E-state index contributed by atoms with van der Waals surface area (Å²) in [5.74, 6) is 0.183. The van der Waals surface area contributed by atoms with Gasteiger partial charge in [-0.05, 0) is 25.1 Å². The lowest BCUT2D eigenvalue weighted by molar-refractivity contribution is 0.867. The Labute approximate surface area is 133 Å². The highest BCUT2D eigenvalue weighted by atomic mass is 15.0. The fourth-order valence-electron chi connectivity index (χ4n) is 2.61. The number of pyridine rings is 1. The van der Waals surface area contributed by atoms with Crippen LogP contribution >= 0.6 is 0 Å². The summed E-state index contributed by atoms with van der Waals surface area (Å²) >= 11 is 0. The van der Waals surface area contributed by atoms with Gasteiger partial charge < -0.3 is 15.3 Å². The Hall–Kier alpha value is -3.51. The van der Waals surface area contributed by atoms with Crippen molar-refractivity contribution in [1.82, 2.24) is 14.5 Å². The summed E-state index contributed by atoms with van der Waals surface area (Å²) in [5.41, 5.74) is 10.8. The zero-order chi connectivity index (χ0) is 16.6. The van der Waals surface area contributed by atoms with Crippen LogP contribution in [0.25, 0.3) is 22.4 Å². The number of nitrogen functional groups attached to an aromatic ring is 1. The summed E-state index contributed by atoms with van der Waals surface area (Å²) < 4.78 is 1.79. The van der Waals surface area contributed by atoms with Crippen LogP contribution in [0.5, 0.6) is 0 Å². The molecule has 0 bridgehead atoms. The molecule has 0 atom stereocenters. The van der Waals surface area contributed by atoms with Crippen molar-refractivity contribution in [3.05, 3.63) is 47.5 Å². The molecule has 0 aliphatic heterocycles. The number of hydrogen-bond acceptors (Lipinski definition) is 4. The Kier molecular flexibility index (Phi) is 3.36. The molecule has 6 nitrogen and oxygen atoms in total. The van der Waals surface area contributed by atoms with Gasteiger partial charge in [-0.2, -0.15) is 10.5 Å². The maximum Gasteiger partial charge on any atom is 0.142 e. The molecule has 3 aromatic heterocycles. The number of rotatable bonds is 2. The van der Waals surface area contributed by atoms with Gasteiger partial charge in [0, 0.05) is 41.8 Å². The van der Waals surface area contributed by atoms with Crippen LogP contribution in [0, 0.1) is 29.6 Å². The van der Waals surface area contributed by atoms with E-state index < -0.39 is 0 Å². The van der Waals surface area contributed by atoms with E-state index in [9.17, 15) is 10.5 Å². The lowest BCUT2D eigenvalue weighted by Gasteiger charge is -2.09. The number of anilines is 1. The van der Waals surface area contributed by atoms with Gasteiger partial charge in [0.2, 0.25) is 0 Å². The molecule has 0 radical (unpaired) electrons. The summed E-state index contributed by atoms with van der Waals surface area (Å²) in [4.78, 5) is 7.29. The van der Waals surface area contributed by atoms with Crippen molar-refractivity contribution in [1.29, 1.82) is 10.5 Å². The molecule has 3 rings (SSSR count). The van der Waals surface area contributed by atoms with Gasteiger partial charge in [0.25, 0.3) is 0 Å². The molecule has 0 saturated carbocycles. The summed E-state index contributed by atoms with van der Waals surface area (Å²) in [6.45, 7) is 1.91. The Balaban J connectivity index is 2.31. The largest absolute Gasteiger partial charge is 0.383 e. The third-order valence-corrected chi connectivity index (χ3v) is 3.99. The number of hydrogen-bond donors (Lipinski definition) is 2. The average molecular weight is 302 g/mol. The monoisotopic (exact) mass is 302 g/mol. The molecule has 0 saturated heterocycles. The molecule has 3 heterocycles. The molecule has 0 aromatic carbocycles. The Morgan fingerprint density at radius 3 is 2.57 bits per heavy atom. The predicted octanol–water partition coefficient (Wildman–Crippen LogP) is 2.72. The fraction of sp³-hybridized carbons (Fsp3) is 0.118. The van der Waals surface area contributed by atoms with Crippen molar-refractivity contribution in [2.75, 3.05) is 5.73 Å². The second-order valence-corrected chi connectivity index (χ2v) is 5.23. The number of nitrogens with two attached hydrogens (primary N) is 1. The fourth-order valence-corrected chi connectivity index (χ4v) is 2.61. The lowest BCUT2D eigenvalue weighted by Crippen LogP contribution is -2.00. The van der Waals surface area contributed by atoms with Crippen molar-refractivity contribution in [2.24, 2.45) is 7.05 Å². The van der Waals surface area contributed by atoms with Crippen LogP contribution in [-0.2, 0) is 7.05 Å². The first kappa shape index (κ1) is 14.4. The minimum absolute atomic E-state index is 0.183. The number of nitriles is 2. The zero-order valence-corrected chi connectivity index (χ0v) is 12.8. The first-order chi connectivity index (χ1) is 11.1. The molecule has 3 N–H and O–H groups in total. The Morgan fingerprint density at radius 1 is 1.22 bits per heavy atom. The van der Waals surface area contributed by atoms with Gasteiger partial charge in [-0.1, -0.05) is 0 Å². The zero-order valence-electron chi connectivity index (χ0n) is 12.8.